The molecule has 118 valence electrons. The highest BCUT2D eigenvalue weighted by Gasteiger charge is 1.98. The van der Waals surface area contributed by atoms with Crippen molar-refractivity contribution in [3.63, 3.8) is 0 Å². The van der Waals surface area contributed by atoms with Gasteiger partial charge in [-0.05, 0) is 47.5 Å². The van der Waals surface area contributed by atoms with Gasteiger partial charge in [-0.3, -0.25) is 9.97 Å². The summed E-state index contributed by atoms with van der Waals surface area (Å²) in [6, 6.07) is 15.3. The zero-order chi connectivity index (χ0) is 16.8. The number of hydrogen-bond acceptors (Lipinski definition) is 2. The normalized spacial score (nSPS) is 11.4. The van der Waals surface area contributed by atoms with E-state index >= 15 is 0 Å². The van der Waals surface area contributed by atoms with E-state index in [0.717, 1.165) is 32.6 Å². The predicted octanol–water partition coefficient (Wildman–Crippen LogP) is 6.12. The number of halogens is 2. The summed E-state index contributed by atoms with van der Waals surface area (Å²) in [5, 5.41) is 1.44. The molecule has 0 aliphatic carbocycles. The molecule has 1 aromatic heterocycles. The first-order valence-corrected chi connectivity index (χ1v) is 8.14. The molecular weight excluding hydrogens is 339 g/mol. The van der Waals surface area contributed by atoms with E-state index in [9.17, 15) is 0 Å². The molecule has 0 spiro atoms. The van der Waals surface area contributed by atoms with Gasteiger partial charge < -0.3 is 0 Å². The molecule has 0 atom stereocenters. The number of rotatable bonds is 4. The lowest BCUT2D eigenvalue weighted by Gasteiger charge is -1.99. The third kappa shape index (κ3) is 4.54. The summed E-state index contributed by atoms with van der Waals surface area (Å²) in [6.45, 7) is 0. The van der Waals surface area contributed by atoms with Crippen LogP contribution in [0, 0.1) is 0 Å². The van der Waals surface area contributed by atoms with Crippen molar-refractivity contribution in [1.82, 2.24) is 9.97 Å². The minimum absolute atomic E-state index is 0.721. The molecule has 24 heavy (non-hydrogen) atoms. The van der Waals surface area contributed by atoms with E-state index in [4.69, 9.17) is 23.2 Å². The van der Waals surface area contributed by atoms with Gasteiger partial charge >= 0.3 is 0 Å². The van der Waals surface area contributed by atoms with Gasteiger partial charge in [-0.15, -0.1) is 0 Å². The summed E-state index contributed by atoms with van der Waals surface area (Å²) in [5.41, 5.74) is 3.71. The average Bonchev–Trinajstić information content (AvgIpc) is 2.61. The molecule has 3 aromatic rings. The Morgan fingerprint density at radius 1 is 0.542 bits per heavy atom. The van der Waals surface area contributed by atoms with Crippen molar-refractivity contribution < 1.29 is 0 Å². The van der Waals surface area contributed by atoms with Gasteiger partial charge in [0.05, 0.1) is 11.4 Å². The maximum Gasteiger partial charge on any atom is 0.0886 e. The first-order chi connectivity index (χ1) is 11.7. The standard InChI is InChI=1S/C20H14Cl2N2/c21-17-7-1-15(2-8-17)5-11-19-20(24-14-13-23-19)12-6-16-3-9-18(22)10-4-16/h1-14H/b11-5+,12-6+. The number of hydrogen-bond donors (Lipinski definition) is 0. The molecule has 0 aliphatic heterocycles. The molecule has 4 heteroatoms. The minimum atomic E-state index is 0.721. The minimum Gasteiger partial charge on any atom is -0.253 e. The molecule has 0 saturated heterocycles. The van der Waals surface area contributed by atoms with Gasteiger partial charge in [0.2, 0.25) is 0 Å². The van der Waals surface area contributed by atoms with Crippen molar-refractivity contribution in [3.8, 4) is 0 Å². The topological polar surface area (TPSA) is 25.8 Å². The fraction of sp³-hybridized carbons (Fsp3) is 0. The lowest BCUT2D eigenvalue weighted by atomic mass is 10.1. The predicted molar refractivity (Wildman–Crippen MR) is 103 cm³/mol. The van der Waals surface area contributed by atoms with Crippen molar-refractivity contribution in [2.24, 2.45) is 0 Å². The van der Waals surface area contributed by atoms with Crippen LogP contribution in [0.2, 0.25) is 10.0 Å². The molecular formula is C20H14Cl2N2. The largest absolute Gasteiger partial charge is 0.253 e. The van der Waals surface area contributed by atoms with Crippen LogP contribution in [0.5, 0.6) is 0 Å². The maximum absolute atomic E-state index is 5.90. The molecule has 0 fully saturated rings. The van der Waals surface area contributed by atoms with Crippen LogP contribution in [0.15, 0.2) is 60.9 Å². The first-order valence-electron chi connectivity index (χ1n) is 7.39. The number of aromatic nitrogens is 2. The molecule has 0 radical (unpaired) electrons. The number of benzene rings is 2. The first kappa shape index (κ1) is 16.4. The third-order valence-corrected chi connectivity index (χ3v) is 3.87. The molecule has 0 saturated carbocycles. The van der Waals surface area contributed by atoms with Gasteiger partial charge in [-0.25, -0.2) is 0 Å². The highest BCUT2D eigenvalue weighted by Crippen LogP contribution is 2.15. The van der Waals surface area contributed by atoms with E-state index in [1.165, 1.54) is 0 Å². The van der Waals surface area contributed by atoms with Crippen LogP contribution in [-0.2, 0) is 0 Å². The summed E-state index contributed by atoms with van der Waals surface area (Å²) < 4.78 is 0. The monoisotopic (exact) mass is 352 g/mol. The van der Waals surface area contributed by atoms with E-state index in [2.05, 4.69) is 9.97 Å². The SMILES string of the molecule is Clc1ccc(/C=C/c2nccnc2/C=C/c2ccc(Cl)cc2)cc1. The molecule has 0 unspecified atom stereocenters. The highest BCUT2D eigenvalue weighted by atomic mass is 35.5. The van der Waals surface area contributed by atoms with Crippen LogP contribution >= 0.6 is 23.2 Å². The van der Waals surface area contributed by atoms with Gasteiger partial charge in [-0.2, -0.15) is 0 Å². The van der Waals surface area contributed by atoms with Gasteiger partial charge in [0.25, 0.3) is 0 Å². The van der Waals surface area contributed by atoms with Crippen LogP contribution in [0.3, 0.4) is 0 Å². The van der Waals surface area contributed by atoms with E-state index < -0.39 is 0 Å². The molecule has 3 rings (SSSR count). The molecule has 0 N–H and O–H groups in total. The van der Waals surface area contributed by atoms with Crippen LogP contribution < -0.4 is 0 Å². The molecule has 2 nitrogen and oxygen atoms in total. The van der Waals surface area contributed by atoms with Crippen molar-refractivity contribution in [2.45, 2.75) is 0 Å². The van der Waals surface area contributed by atoms with Crippen LogP contribution in [-0.4, -0.2) is 9.97 Å². The zero-order valence-corrected chi connectivity index (χ0v) is 14.2. The lowest BCUT2D eigenvalue weighted by Crippen LogP contribution is -1.89. The molecule has 2 aromatic carbocycles. The Kier molecular flexibility index (Phi) is 5.42. The average molecular weight is 353 g/mol. The fourth-order valence-corrected chi connectivity index (χ4v) is 2.37. The zero-order valence-electron chi connectivity index (χ0n) is 12.7. The van der Waals surface area contributed by atoms with Crippen molar-refractivity contribution in [1.29, 1.82) is 0 Å². The summed E-state index contributed by atoms with van der Waals surface area (Å²) in [6.07, 6.45) is 11.2. The second kappa shape index (κ2) is 7.91. The summed E-state index contributed by atoms with van der Waals surface area (Å²) in [4.78, 5) is 8.78. The summed E-state index contributed by atoms with van der Waals surface area (Å²) >= 11 is 11.8. The molecule has 0 bridgehead atoms. The van der Waals surface area contributed by atoms with Gasteiger partial charge in [-0.1, -0.05) is 59.6 Å². The number of nitrogens with zero attached hydrogens (tertiary/aromatic N) is 2. The van der Waals surface area contributed by atoms with Crippen LogP contribution in [0.25, 0.3) is 24.3 Å². The fourth-order valence-electron chi connectivity index (χ4n) is 2.11. The summed E-state index contributed by atoms with van der Waals surface area (Å²) in [7, 11) is 0. The van der Waals surface area contributed by atoms with Crippen LogP contribution in [0.4, 0.5) is 0 Å². The van der Waals surface area contributed by atoms with E-state index in [-0.39, 0.29) is 0 Å². The Morgan fingerprint density at radius 2 is 0.917 bits per heavy atom. The second-order valence-corrected chi connectivity index (χ2v) is 5.97. The van der Waals surface area contributed by atoms with Crippen molar-refractivity contribution in [2.75, 3.05) is 0 Å². The Balaban J connectivity index is 1.82. The van der Waals surface area contributed by atoms with Gasteiger partial charge in [0, 0.05) is 22.4 Å². The quantitative estimate of drug-likeness (QED) is 0.564. The Morgan fingerprint density at radius 3 is 1.29 bits per heavy atom. The van der Waals surface area contributed by atoms with Gasteiger partial charge in [0.15, 0.2) is 0 Å². The van der Waals surface area contributed by atoms with E-state index in [1.807, 2.05) is 72.8 Å². The maximum atomic E-state index is 5.90. The van der Waals surface area contributed by atoms with E-state index in [1.54, 1.807) is 12.4 Å². The second-order valence-electron chi connectivity index (χ2n) is 5.10. The summed E-state index contributed by atoms with van der Waals surface area (Å²) in [5.74, 6) is 0. The van der Waals surface area contributed by atoms with Gasteiger partial charge in [0.1, 0.15) is 0 Å². The highest BCUT2D eigenvalue weighted by molar-refractivity contribution is 6.30. The lowest BCUT2D eigenvalue weighted by molar-refractivity contribution is 1.16. The van der Waals surface area contributed by atoms with Crippen molar-refractivity contribution in [3.05, 3.63) is 93.5 Å². The molecule has 1 heterocycles. The van der Waals surface area contributed by atoms with E-state index in [0.29, 0.717) is 0 Å². The van der Waals surface area contributed by atoms with Crippen molar-refractivity contribution >= 4 is 47.5 Å². The Labute approximate surface area is 151 Å². The Bertz CT molecular complexity index is 792. The molecule has 0 amide bonds. The molecule has 0 aliphatic rings. The smallest absolute Gasteiger partial charge is 0.0886 e. The van der Waals surface area contributed by atoms with Crippen LogP contribution in [0.1, 0.15) is 22.5 Å². The Hall–Kier alpha value is -2.42. The third-order valence-electron chi connectivity index (χ3n) is 3.36.